The van der Waals surface area contributed by atoms with E-state index in [9.17, 15) is 14.4 Å². The number of carbonyl (C=O) groups excluding carboxylic acids is 3. The Labute approximate surface area is 174 Å². The highest BCUT2D eigenvalue weighted by Crippen LogP contribution is 2.24. The molecule has 1 heterocycles. The van der Waals surface area contributed by atoms with Crippen molar-refractivity contribution < 1.29 is 23.9 Å². The van der Waals surface area contributed by atoms with E-state index in [0.717, 1.165) is 10.4 Å². The van der Waals surface area contributed by atoms with Crippen LogP contribution in [0.2, 0.25) is 0 Å². The van der Waals surface area contributed by atoms with Crippen LogP contribution in [0.5, 0.6) is 5.75 Å². The molecule has 29 heavy (non-hydrogen) atoms. The summed E-state index contributed by atoms with van der Waals surface area (Å²) < 4.78 is 10.2. The Kier molecular flexibility index (Phi) is 8.21. The maximum absolute atomic E-state index is 11.7. The summed E-state index contributed by atoms with van der Waals surface area (Å²) in [5, 5.41) is 6.63. The van der Waals surface area contributed by atoms with Crippen LogP contribution in [0.4, 0.5) is 4.79 Å². The number of esters is 1. The summed E-state index contributed by atoms with van der Waals surface area (Å²) in [6.45, 7) is 5.85. The Morgan fingerprint density at radius 2 is 1.76 bits per heavy atom. The van der Waals surface area contributed by atoms with Gasteiger partial charge in [0.1, 0.15) is 5.75 Å². The Morgan fingerprint density at radius 3 is 2.38 bits per heavy atom. The molecule has 0 radical (unpaired) electrons. The Bertz CT molecular complexity index is 811. The van der Waals surface area contributed by atoms with Crippen LogP contribution < -0.4 is 15.4 Å². The largest absolute Gasteiger partial charge is 0.482 e. The second-order valence-corrected chi connectivity index (χ2v) is 8.39. The molecule has 2 aromatic rings. The first kappa shape index (κ1) is 22.4. The molecule has 0 aliphatic rings. The molecule has 2 N–H and O–H groups in total. The fourth-order valence-electron chi connectivity index (χ4n) is 2.34. The normalized spacial score (nSPS) is 10.9. The van der Waals surface area contributed by atoms with Crippen LogP contribution >= 0.6 is 11.3 Å². The standard InChI is InChI=1S/C21H26N2O5S/c1-21(2,3)15-6-8-16(9-7-15)27-14-19(25)28-13-18(24)23-20(26)22-11-10-17-5-4-12-29-17/h4-9,12H,10-11,13-14H2,1-3H3,(H2,22,23,24,26). The van der Waals surface area contributed by atoms with Crippen LogP contribution in [0.15, 0.2) is 41.8 Å². The predicted molar refractivity (Wildman–Crippen MR) is 111 cm³/mol. The van der Waals surface area contributed by atoms with Gasteiger partial charge in [0.15, 0.2) is 13.2 Å². The molecule has 0 aliphatic heterocycles. The van der Waals surface area contributed by atoms with Gasteiger partial charge in [-0.1, -0.05) is 39.0 Å². The molecule has 3 amide bonds. The van der Waals surface area contributed by atoms with Gasteiger partial charge in [0, 0.05) is 11.4 Å². The zero-order valence-electron chi connectivity index (χ0n) is 16.8. The molecule has 0 spiro atoms. The minimum absolute atomic E-state index is 0.0288. The first-order chi connectivity index (χ1) is 13.7. The number of ether oxygens (including phenoxy) is 2. The third-order valence-corrected chi connectivity index (χ3v) is 4.87. The first-order valence-electron chi connectivity index (χ1n) is 9.23. The summed E-state index contributed by atoms with van der Waals surface area (Å²) in [6, 6.07) is 10.7. The van der Waals surface area contributed by atoms with E-state index in [2.05, 4.69) is 31.4 Å². The van der Waals surface area contributed by atoms with Gasteiger partial charge >= 0.3 is 12.0 Å². The number of urea groups is 1. The number of carbonyl (C=O) groups is 3. The topological polar surface area (TPSA) is 93.7 Å². The number of imide groups is 1. The second-order valence-electron chi connectivity index (χ2n) is 7.36. The fourth-order valence-corrected chi connectivity index (χ4v) is 3.05. The molecule has 0 aliphatic carbocycles. The van der Waals surface area contributed by atoms with Crippen LogP contribution in [0, 0.1) is 0 Å². The van der Waals surface area contributed by atoms with Gasteiger partial charge in [0.25, 0.3) is 5.91 Å². The molecule has 0 unspecified atom stereocenters. The van der Waals surface area contributed by atoms with Gasteiger partial charge in [-0.3, -0.25) is 10.1 Å². The zero-order valence-corrected chi connectivity index (χ0v) is 17.6. The van der Waals surface area contributed by atoms with E-state index in [-0.39, 0.29) is 12.0 Å². The number of nitrogens with one attached hydrogen (secondary N) is 2. The van der Waals surface area contributed by atoms with Crippen LogP contribution in [0.1, 0.15) is 31.2 Å². The van der Waals surface area contributed by atoms with E-state index in [4.69, 9.17) is 9.47 Å². The second kappa shape index (κ2) is 10.6. The van der Waals surface area contributed by atoms with Crippen molar-refractivity contribution in [1.82, 2.24) is 10.6 Å². The van der Waals surface area contributed by atoms with Crippen LogP contribution in [0.3, 0.4) is 0 Å². The number of benzene rings is 1. The number of hydrogen-bond acceptors (Lipinski definition) is 6. The lowest BCUT2D eigenvalue weighted by Crippen LogP contribution is -2.42. The summed E-state index contributed by atoms with van der Waals surface area (Å²) in [6.07, 6.45) is 0.683. The van der Waals surface area contributed by atoms with E-state index in [0.29, 0.717) is 18.7 Å². The number of rotatable bonds is 8. The minimum atomic E-state index is -0.707. The van der Waals surface area contributed by atoms with Crippen molar-refractivity contribution in [2.75, 3.05) is 19.8 Å². The maximum atomic E-state index is 11.7. The van der Waals surface area contributed by atoms with Crippen molar-refractivity contribution in [1.29, 1.82) is 0 Å². The Morgan fingerprint density at radius 1 is 1.03 bits per heavy atom. The summed E-state index contributed by atoms with van der Waals surface area (Å²) in [7, 11) is 0. The summed E-state index contributed by atoms with van der Waals surface area (Å²) in [5.74, 6) is -0.871. The molecular weight excluding hydrogens is 392 g/mol. The monoisotopic (exact) mass is 418 g/mol. The SMILES string of the molecule is CC(C)(C)c1ccc(OCC(=O)OCC(=O)NC(=O)NCCc2cccs2)cc1. The van der Waals surface area contributed by atoms with Gasteiger partial charge in [-0.15, -0.1) is 11.3 Å². The van der Waals surface area contributed by atoms with Crippen molar-refractivity contribution >= 4 is 29.2 Å². The Balaban J connectivity index is 1.61. The highest BCUT2D eigenvalue weighted by Gasteiger charge is 2.14. The molecule has 0 bridgehead atoms. The summed E-state index contributed by atoms with van der Waals surface area (Å²) >= 11 is 1.60. The molecule has 0 saturated carbocycles. The van der Waals surface area contributed by atoms with Crippen molar-refractivity contribution in [3.05, 3.63) is 52.2 Å². The van der Waals surface area contributed by atoms with Crippen molar-refractivity contribution in [2.24, 2.45) is 0 Å². The van der Waals surface area contributed by atoms with E-state index in [1.165, 1.54) is 0 Å². The highest BCUT2D eigenvalue weighted by atomic mass is 32.1. The molecule has 1 aromatic carbocycles. The fraction of sp³-hybridized carbons (Fsp3) is 0.381. The van der Waals surface area contributed by atoms with Crippen LogP contribution in [-0.2, 0) is 26.2 Å². The van der Waals surface area contributed by atoms with E-state index < -0.39 is 24.5 Å². The van der Waals surface area contributed by atoms with Gasteiger partial charge in [0.2, 0.25) is 0 Å². The van der Waals surface area contributed by atoms with Crippen molar-refractivity contribution in [3.63, 3.8) is 0 Å². The number of thiophene rings is 1. The lowest BCUT2D eigenvalue weighted by Gasteiger charge is -2.19. The predicted octanol–water partition coefficient (Wildman–Crippen LogP) is 3.04. The van der Waals surface area contributed by atoms with Crippen LogP contribution in [0.25, 0.3) is 0 Å². The molecule has 0 fully saturated rings. The number of hydrogen-bond donors (Lipinski definition) is 2. The van der Waals surface area contributed by atoms with Gasteiger partial charge < -0.3 is 14.8 Å². The van der Waals surface area contributed by atoms with E-state index >= 15 is 0 Å². The molecular formula is C21H26N2O5S. The summed E-state index contributed by atoms with van der Waals surface area (Å²) in [4.78, 5) is 36.1. The Hall–Kier alpha value is -2.87. The van der Waals surface area contributed by atoms with Crippen molar-refractivity contribution in [2.45, 2.75) is 32.6 Å². The maximum Gasteiger partial charge on any atom is 0.344 e. The van der Waals surface area contributed by atoms with Crippen molar-refractivity contribution in [3.8, 4) is 5.75 Å². The zero-order chi connectivity index (χ0) is 21.3. The summed E-state index contributed by atoms with van der Waals surface area (Å²) in [5.41, 5.74) is 1.18. The molecule has 2 rings (SSSR count). The van der Waals surface area contributed by atoms with Gasteiger partial charge in [0.05, 0.1) is 0 Å². The molecule has 1 aromatic heterocycles. The molecule has 156 valence electrons. The molecule has 0 saturated heterocycles. The average Bonchev–Trinajstić information content (AvgIpc) is 3.18. The van der Waals surface area contributed by atoms with Gasteiger partial charge in [-0.2, -0.15) is 0 Å². The smallest absolute Gasteiger partial charge is 0.344 e. The highest BCUT2D eigenvalue weighted by molar-refractivity contribution is 7.09. The molecule has 8 heteroatoms. The molecule has 7 nitrogen and oxygen atoms in total. The van der Waals surface area contributed by atoms with E-state index in [1.54, 1.807) is 23.5 Å². The van der Waals surface area contributed by atoms with Crippen LogP contribution in [-0.4, -0.2) is 37.7 Å². The van der Waals surface area contributed by atoms with Gasteiger partial charge in [-0.05, 0) is 41.0 Å². The third kappa shape index (κ3) is 8.35. The van der Waals surface area contributed by atoms with E-state index in [1.807, 2.05) is 29.6 Å². The molecule has 0 atom stereocenters. The average molecular weight is 419 g/mol. The quantitative estimate of drug-likeness (QED) is 0.643. The minimum Gasteiger partial charge on any atom is -0.482 e. The third-order valence-electron chi connectivity index (χ3n) is 3.93. The number of amides is 3. The van der Waals surface area contributed by atoms with Gasteiger partial charge in [-0.25, -0.2) is 9.59 Å². The lowest BCUT2D eigenvalue weighted by atomic mass is 9.87. The first-order valence-corrected chi connectivity index (χ1v) is 10.1. The lowest BCUT2D eigenvalue weighted by molar-refractivity contribution is -0.150.